The molecule has 2 aromatic heterocycles. The number of carbonyl (C=O) groups excluding carboxylic acids is 1. The molecule has 4 bridgehead atoms. The van der Waals surface area contributed by atoms with Crippen LogP contribution in [0.25, 0.3) is 0 Å². The zero-order chi connectivity index (χ0) is 23.7. The van der Waals surface area contributed by atoms with E-state index in [0.29, 0.717) is 30.0 Å². The van der Waals surface area contributed by atoms with Gasteiger partial charge < -0.3 is 9.84 Å². The van der Waals surface area contributed by atoms with Crippen LogP contribution >= 0.6 is 0 Å². The van der Waals surface area contributed by atoms with Crippen LogP contribution in [0, 0.1) is 37.0 Å². The molecule has 9 nitrogen and oxygen atoms in total. The minimum absolute atomic E-state index is 0.0219. The Morgan fingerprint density at radius 2 is 1.82 bits per heavy atom. The molecule has 0 spiro atoms. The highest BCUT2D eigenvalue weighted by Crippen LogP contribution is 2.61. The molecule has 3 heterocycles. The van der Waals surface area contributed by atoms with Crippen molar-refractivity contribution in [1.29, 1.82) is 0 Å². The van der Waals surface area contributed by atoms with Gasteiger partial charge in [0.2, 0.25) is 15.9 Å². The Labute approximate surface area is 199 Å². The van der Waals surface area contributed by atoms with Crippen LogP contribution in [0.1, 0.15) is 67.7 Å². The zero-order valence-corrected chi connectivity index (χ0v) is 20.5. The summed E-state index contributed by atoms with van der Waals surface area (Å²) in [6.07, 6.45) is 10.0. The number of amides is 1. The molecule has 4 fully saturated rings. The Balaban J connectivity index is 1.18. The van der Waals surface area contributed by atoms with Gasteiger partial charge in [0, 0.05) is 18.5 Å². The Kier molecular flexibility index (Phi) is 5.11. The molecule has 5 aliphatic rings. The van der Waals surface area contributed by atoms with Crippen molar-refractivity contribution in [2.75, 3.05) is 11.9 Å². The van der Waals surface area contributed by atoms with Crippen LogP contribution in [0.5, 0.6) is 0 Å². The van der Waals surface area contributed by atoms with E-state index in [4.69, 9.17) is 4.52 Å². The Morgan fingerprint density at radius 1 is 1.15 bits per heavy atom. The number of aryl methyl sites for hydroxylation is 2. The first-order chi connectivity index (χ1) is 16.2. The first-order valence-electron chi connectivity index (χ1n) is 12.3. The molecule has 0 radical (unpaired) electrons. The molecule has 1 amide bonds. The molecule has 2 aromatic rings. The van der Waals surface area contributed by atoms with Crippen LogP contribution in [-0.2, 0) is 27.8 Å². The Hall–Kier alpha value is -2.33. The van der Waals surface area contributed by atoms with Gasteiger partial charge in [-0.2, -0.15) is 4.31 Å². The third kappa shape index (κ3) is 3.66. The molecule has 1 N–H and O–H groups in total. The Bertz CT molecular complexity index is 1200. The van der Waals surface area contributed by atoms with E-state index in [1.165, 1.54) is 49.2 Å². The van der Waals surface area contributed by atoms with Crippen molar-refractivity contribution in [1.82, 2.24) is 19.4 Å². The number of rotatable bonds is 5. The fraction of sp³-hybridized carbons (Fsp3) is 0.667. The van der Waals surface area contributed by atoms with E-state index in [1.54, 1.807) is 13.8 Å². The van der Waals surface area contributed by atoms with Gasteiger partial charge in [0.05, 0.1) is 12.2 Å². The topological polar surface area (TPSA) is 118 Å². The SMILES string of the molecule is Cc1noc(C)c1S(=O)(=O)N1CCc2c(ncnc2NC(=O)CC23CC4CC(CC(C4)C2)C3)C1. The second-order valence-electron chi connectivity index (χ2n) is 11.0. The number of nitrogens with zero attached hydrogens (tertiary/aromatic N) is 4. The van der Waals surface area contributed by atoms with Gasteiger partial charge in [0.15, 0.2) is 5.76 Å². The van der Waals surface area contributed by atoms with Gasteiger partial charge in [-0.25, -0.2) is 18.4 Å². The minimum atomic E-state index is -3.76. The molecule has 10 heteroatoms. The molecule has 34 heavy (non-hydrogen) atoms. The largest absolute Gasteiger partial charge is 0.360 e. The minimum Gasteiger partial charge on any atom is -0.360 e. The second kappa shape index (κ2) is 7.84. The first-order valence-corrected chi connectivity index (χ1v) is 13.7. The van der Waals surface area contributed by atoms with Crippen molar-refractivity contribution >= 4 is 21.7 Å². The maximum absolute atomic E-state index is 13.2. The lowest BCUT2D eigenvalue weighted by molar-refractivity contribution is -0.124. The molecule has 0 atom stereocenters. The van der Waals surface area contributed by atoms with E-state index in [1.807, 2.05) is 0 Å². The number of carbonyl (C=O) groups is 1. The molecule has 4 aliphatic carbocycles. The third-order valence-corrected chi connectivity index (χ3v) is 10.6. The lowest BCUT2D eigenvalue weighted by atomic mass is 9.49. The summed E-state index contributed by atoms with van der Waals surface area (Å²) >= 11 is 0. The van der Waals surface area contributed by atoms with Gasteiger partial charge in [-0.1, -0.05) is 5.16 Å². The van der Waals surface area contributed by atoms with Crippen molar-refractivity contribution in [3.05, 3.63) is 29.0 Å². The van der Waals surface area contributed by atoms with Crippen molar-refractivity contribution in [2.45, 2.75) is 76.7 Å². The predicted octanol–water partition coefficient (Wildman–Crippen LogP) is 3.37. The van der Waals surface area contributed by atoms with Crippen LogP contribution in [0.2, 0.25) is 0 Å². The molecule has 0 aromatic carbocycles. The van der Waals surface area contributed by atoms with Crippen LogP contribution in [0.15, 0.2) is 15.7 Å². The predicted molar refractivity (Wildman–Crippen MR) is 123 cm³/mol. The summed E-state index contributed by atoms with van der Waals surface area (Å²) in [4.78, 5) is 22.0. The lowest BCUT2D eigenvalue weighted by Gasteiger charge is -2.56. The van der Waals surface area contributed by atoms with Crippen molar-refractivity contribution in [2.24, 2.45) is 23.2 Å². The summed E-state index contributed by atoms with van der Waals surface area (Å²) < 4.78 is 32.9. The van der Waals surface area contributed by atoms with Gasteiger partial charge in [-0.05, 0) is 82.0 Å². The maximum atomic E-state index is 13.2. The van der Waals surface area contributed by atoms with Crippen LogP contribution in [0.3, 0.4) is 0 Å². The van der Waals surface area contributed by atoms with E-state index >= 15 is 0 Å². The van der Waals surface area contributed by atoms with E-state index in [2.05, 4.69) is 20.4 Å². The number of hydrogen-bond donors (Lipinski definition) is 1. The monoisotopic (exact) mass is 485 g/mol. The van der Waals surface area contributed by atoms with Gasteiger partial charge in [0.1, 0.15) is 22.7 Å². The average Bonchev–Trinajstić information content (AvgIpc) is 3.11. The van der Waals surface area contributed by atoms with Crippen molar-refractivity contribution in [3.8, 4) is 0 Å². The van der Waals surface area contributed by atoms with Gasteiger partial charge in [-0.3, -0.25) is 4.79 Å². The first kappa shape index (κ1) is 22.2. The molecular formula is C24H31N5O4S. The standard InChI is InChI=1S/C24H31N5O4S/c1-14-22(15(2)33-28-14)34(31,32)29-4-3-19-20(12-29)25-13-26-23(19)27-21(30)11-24-8-16-5-17(9-24)7-18(6-16)10-24/h13,16-18H,3-12H2,1-2H3,(H,25,26,27,30). The molecule has 182 valence electrons. The number of sulfonamides is 1. The number of fused-ring (bicyclic) bond motifs is 1. The lowest BCUT2D eigenvalue weighted by Crippen LogP contribution is -2.47. The zero-order valence-electron chi connectivity index (χ0n) is 19.7. The second-order valence-corrected chi connectivity index (χ2v) is 12.9. The summed E-state index contributed by atoms with van der Waals surface area (Å²) in [5.74, 6) is 3.23. The fourth-order valence-corrected chi connectivity index (χ4v) is 9.33. The van der Waals surface area contributed by atoms with Crippen molar-refractivity contribution in [3.63, 3.8) is 0 Å². The molecule has 1 aliphatic heterocycles. The van der Waals surface area contributed by atoms with Gasteiger partial charge in [0.25, 0.3) is 0 Å². The highest BCUT2D eigenvalue weighted by atomic mass is 32.2. The quantitative estimate of drug-likeness (QED) is 0.690. The molecule has 0 unspecified atom stereocenters. The summed E-state index contributed by atoms with van der Waals surface area (Å²) in [5, 5.41) is 6.85. The van der Waals surface area contributed by atoms with Gasteiger partial charge >= 0.3 is 0 Å². The number of anilines is 1. The summed E-state index contributed by atoms with van der Waals surface area (Å²) in [7, 11) is -3.76. The van der Waals surface area contributed by atoms with E-state index < -0.39 is 10.0 Å². The molecular weight excluding hydrogens is 454 g/mol. The van der Waals surface area contributed by atoms with Crippen LogP contribution < -0.4 is 5.32 Å². The average molecular weight is 486 g/mol. The number of aromatic nitrogens is 3. The molecule has 4 saturated carbocycles. The maximum Gasteiger partial charge on any atom is 0.248 e. The smallest absolute Gasteiger partial charge is 0.248 e. The summed E-state index contributed by atoms with van der Waals surface area (Å²) in [6.45, 7) is 3.64. The normalized spacial score (nSPS) is 30.4. The molecule has 7 rings (SSSR count). The third-order valence-electron chi connectivity index (χ3n) is 8.50. The van der Waals surface area contributed by atoms with E-state index in [0.717, 1.165) is 23.3 Å². The highest BCUT2D eigenvalue weighted by Gasteiger charge is 2.51. The summed E-state index contributed by atoms with van der Waals surface area (Å²) in [5.41, 5.74) is 1.96. The molecule has 0 saturated heterocycles. The van der Waals surface area contributed by atoms with E-state index in [-0.39, 0.29) is 35.1 Å². The fourth-order valence-electron chi connectivity index (χ4n) is 7.64. The van der Waals surface area contributed by atoms with Gasteiger partial charge in [-0.15, -0.1) is 0 Å². The van der Waals surface area contributed by atoms with E-state index in [9.17, 15) is 13.2 Å². The number of hydrogen-bond acceptors (Lipinski definition) is 7. The van der Waals surface area contributed by atoms with Crippen LogP contribution in [0.4, 0.5) is 5.82 Å². The number of nitrogens with one attached hydrogen (secondary N) is 1. The highest BCUT2D eigenvalue weighted by molar-refractivity contribution is 7.89. The Morgan fingerprint density at radius 3 is 2.44 bits per heavy atom. The summed E-state index contributed by atoms with van der Waals surface area (Å²) in [6, 6.07) is 0. The van der Waals surface area contributed by atoms with Crippen LogP contribution in [-0.4, -0.2) is 40.3 Å². The van der Waals surface area contributed by atoms with Crippen molar-refractivity contribution < 1.29 is 17.7 Å².